The second-order valence-corrected chi connectivity index (χ2v) is 9.30. The topological polar surface area (TPSA) is 69.0 Å². The standard InChI is InChI=1S/C25H25ClN4O2S/c1-14-6-9-19(13-22(14)26)28-24(31)23-16(3)27-25(33-23)30-17(4)21(15(2)29-30)12-18-7-10-20(32-5)11-8-18/h6-11,13H,12H2,1-5H3,(H,28,31). The van der Waals surface area contributed by atoms with Crippen LogP contribution in [0.1, 0.15) is 43.4 Å². The van der Waals surface area contributed by atoms with Gasteiger partial charge in [0.1, 0.15) is 10.6 Å². The van der Waals surface area contributed by atoms with E-state index in [1.807, 2.05) is 56.6 Å². The summed E-state index contributed by atoms with van der Waals surface area (Å²) in [5.41, 5.74) is 6.54. The molecule has 4 rings (SSSR count). The number of carbonyl (C=O) groups excluding carboxylic acids is 1. The van der Waals surface area contributed by atoms with Gasteiger partial charge in [0.25, 0.3) is 5.91 Å². The van der Waals surface area contributed by atoms with Crippen molar-refractivity contribution in [2.75, 3.05) is 12.4 Å². The van der Waals surface area contributed by atoms with Crippen LogP contribution in [0.15, 0.2) is 42.5 Å². The molecule has 0 spiro atoms. The maximum absolute atomic E-state index is 12.9. The normalized spacial score (nSPS) is 11.0. The molecule has 0 bridgehead atoms. The van der Waals surface area contributed by atoms with Gasteiger partial charge in [-0.2, -0.15) is 5.10 Å². The highest BCUT2D eigenvalue weighted by molar-refractivity contribution is 7.16. The average Bonchev–Trinajstić information content (AvgIpc) is 3.31. The molecular formula is C25H25ClN4O2S. The maximum atomic E-state index is 12.9. The Bertz CT molecular complexity index is 1330. The molecule has 2 aromatic carbocycles. The summed E-state index contributed by atoms with van der Waals surface area (Å²) in [6.45, 7) is 7.78. The van der Waals surface area contributed by atoms with Crippen molar-refractivity contribution in [2.24, 2.45) is 0 Å². The first-order valence-electron chi connectivity index (χ1n) is 10.5. The third-order valence-electron chi connectivity index (χ3n) is 5.58. The van der Waals surface area contributed by atoms with E-state index in [0.717, 1.165) is 34.7 Å². The molecule has 1 N–H and O–H groups in total. The minimum Gasteiger partial charge on any atom is -0.497 e. The van der Waals surface area contributed by atoms with Crippen LogP contribution >= 0.6 is 22.9 Å². The van der Waals surface area contributed by atoms with Crippen molar-refractivity contribution in [2.45, 2.75) is 34.1 Å². The number of nitrogens with zero attached hydrogens (tertiary/aromatic N) is 3. The summed E-state index contributed by atoms with van der Waals surface area (Å²) < 4.78 is 7.07. The van der Waals surface area contributed by atoms with Crippen LogP contribution in [0.2, 0.25) is 5.02 Å². The molecule has 0 radical (unpaired) electrons. The number of amides is 1. The highest BCUT2D eigenvalue weighted by atomic mass is 35.5. The first-order chi connectivity index (χ1) is 15.8. The Morgan fingerprint density at radius 1 is 1.09 bits per heavy atom. The van der Waals surface area contributed by atoms with Crippen LogP contribution in [0.4, 0.5) is 5.69 Å². The number of thiazole rings is 1. The number of methoxy groups -OCH3 is 1. The lowest BCUT2D eigenvalue weighted by Crippen LogP contribution is -2.11. The van der Waals surface area contributed by atoms with Crippen LogP contribution < -0.4 is 10.1 Å². The lowest BCUT2D eigenvalue weighted by molar-refractivity contribution is 0.103. The third kappa shape index (κ3) is 4.79. The molecule has 0 saturated carbocycles. The molecule has 0 fully saturated rings. The highest BCUT2D eigenvalue weighted by Crippen LogP contribution is 2.28. The Morgan fingerprint density at radius 2 is 1.82 bits per heavy atom. The van der Waals surface area contributed by atoms with E-state index in [9.17, 15) is 4.79 Å². The summed E-state index contributed by atoms with van der Waals surface area (Å²) in [5, 5.41) is 8.91. The van der Waals surface area contributed by atoms with E-state index in [1.54, 1.807) is 13.2 Å². The summed E-state index contributed by atoms with van der Waals surface area (Å²) in [7, 11) is 1.66. The van der Waals surface area contributed by atoms with E-state index in [0.29, 0.717) is 26.4 Å². The van der Waals surface area contributed by atoms with Gasteiger partial charge in [-0.1, -0.05) is 41.1 Å². The molecule has 4 aromatic rings. The second-order valence-electron chi connectivity index (χ2n) is 7.92. The van der Waals surface area contributed by atoms with Crippen molar-refractivity contribution in [3.63, 3.8) is 0 Å². The Balaban J connectivity index is 1.58. The Hall–Kier alpha value is -3.16. The lowest BCUT2D eigenvalue weighted by atomic mass is 10.0. The number of aromatic nitrogens is 3. The SMILES string of the molecule is COc1ccc(Cc2c(C)nn(-c3nc(C)c(C(=O)Nc4ccc(C)c(Cl)c4)s3)c2C)cc1. The van der Waals surface area contributed by atoms with Crippen molar-refractivity contribution in [3.05, 3.63) is 86.1 Å². The van der Waals surface area contributed by atoms with E-state index in [-0.39, 0.29) is 5.91 Å². The van der Waals surface area contributed by atoms with Crippen LogP contribution in [0, 0.1) is 27.7 Å². The molecule has 1 amide bonds. The molecular weight excluding hydrogens is 456 g/mol. The average molecular weight is 481 g/mol. The van der Waals surface area contributed by atoms with Gasteiger partial charge in [-0.05, 0) is 63.1 Å². The Kier molecular flexibility index (Phi) is 6.54. The van der Waals surface area contributed by atoms with Gasteiger partial charge in [-0.15, -0.1) is 0 Å². The summed E-state index contributed by atoms with van der Waals surface area (Å²) in [6, 6.07) is 13.5. The monoisotopic (exact) mass is 480 g/mol. The van der Waals surface area contributed by atoms with Crippen molar-refractivity contribution < 1.29 is 9.53 Å². The minimum absolute atomic E-state index is 0.212. The summed E-state index contributed by atoms with van der Waals surface area (Å²) >= 11 is 7.51. The minimum atomic E-state index is -0.212. The fraction of sp³-hybridized carbons (Fsp3) is 0.240. The van der Waals surface area contributed by atoms with Crippen LogP contribution in [-0.2, 0) is 6.42 Å². The van der Waals surface area contributed by atoms with Crippen molar-refractivity contribution >= 4 is 34.5 Å². The van der Waals surface area contributed by atoms with Gasteiger partial charge in [0.05, 0.1) is 18.5 Å². The van der Waals surface area contributed by atoms with Crippen LogP contribution in [-0.4, -0.2) is 27.8 Å². The first-order valence-corrected chi connectivity index (χ1v) is 11.7. The molecule has 0 unspecified atom stereocenters. The predicted molar refractivity (Wildman–Crippen MR) is 133 cm³/mol. The molecule has 2 aromatic heterocycles. The first kappa shape index (κ1) is 23.0. The van der Waals surface area contributed by atoms with Gasteiger partial charge < -0.3 is 10.1 Å². The molecule has 33 heavy (non-hydrogen) atoms. The van der Waals surface area contributed by atoms with Gasteiger partial charge in [-0.3, -0.25) is 4.79 Å². The number of rotatable bonds is 6. The molecule has 0 aliphatic rings. The van der Waals surface area contributed by atoms with E-state index in [2.05, 4.69) is 22.4 Å². The molecule has 0 aliphatic carbocycles. The van der Waals surface area contributed by atoms with Crippen LogP contribution in [0.25, 0.3) is 5.13 Å². The van der Waals surface area contributed by atoms with E-state index >= 15 is 0 Å². The zero-order valence-corrected chi connectivity index (χ0v) is 20.8. The number of hydrogen-bond acceptors (Lipinski definition) is 5. The summed E-state index contributed by atoms with van der Waals surface area (Å²) in [6.07, 6.45) is 0.757. The number of ether oxygens (including phenoxy) is 1. The van der Waals surface area contributed by atoms with Gasteiger partial charge in [0.15, 0.2) is 0 Å². The summed E-state index contributed by atoms with van der Waals surface area (Å²) in [5.74, 6) is 0.621. The molecule has 0 aliphatic heterocycles. The van der Waals surface area contributed by atoms with Crippen molar-refractivity contribution in [1.29, 1.82) is 0 Å². The lowest BCUT2D eigenvalue weighted by Gasteiger charge is -2.06. The van der Waals surface area contributed by atoms with Crippen LogP contribution in [0.3, 0.4) is 0 Å². The number of anilines is 1. The Labute approximate surface area is 202 Å². The smallest absolute Gasteiger partial charge is 0.267 e. The van der Waals surface area contributed by atoms with Gasteiger partial charge in [-0.25, -0.2) is 9.67 Å². The number of aryl methyl sites for hydroxylation is 3. The second kappa shape index (κ2) is 9.37. The quantitative estimate of drug-likeness (QED) is 0.363. The molecule has 170 valence electrons. The number of nitrogens with one attached hydrogen (secondary N) is 1. The van der Waals surface area contributed by atoms with Crippen molar-refractivity contribution in [3.8, 4) is 10.9 Å². The fourth-order valence-electron chi connectivity index (χ4n) is 3.61. The highest BCUT2D eigenvalue weighted by Gasteiger charge is 2.20. The number of hydrogen-bond donors (Lipinski definition) is 1. The number of benzene rings is 2. The zero-order valence-electron chi connectivity index (χ0n) is 19.2. The Morgan fingerprint density at radius 3 is 2.48 bits per heavy atom. The van der Waals surface area contributed by atoms with E-state index in [4.69, 9.17) is 21.4 Å². The number of halogens is 1. The number of carbonyl (C=O) groups is 1. The predicted octanol–water partition coefficient (Wildman–Crippen LogP) is 6.07. The largest absolute Gasteiger partial charge is 0.497 e. The van der Waals surface area contributed by atoms with Crippen molar-refractivity contribution in [1.82, 2.24) is 14.8 Å². The van der Waals surface area contributed by atoms with E-state index in [1.165, 1.54) is 16.9 Å². The zero-order chi connectivity index (χ0) is 23.7. The molecule has 0 atom stereocenters. The molecule has 6 nitrogen and oxygen atoms in total. The molecule has 2 heterocycles. The van der Waals surface area contributed by atoms with Gasteiger partial charge in [0.2, 0.25) is 5.13 Å². The third-order valence-corrected chi connectivity index (χ3v) is 7.12. The molecule has 8 heteroatoms. The maximum Gasteiger partial charge on any atom is 0.267 e. The molecule has 0 saturated heterocycles. The fourth-order valence-corrected chi connectivity index (χ4v) is 4.75. The van der Waals surface area contributed by atoms with Gasteiger partial charge >= 0.3 is 0 Å². The van der Waals surface area contributed by atoms with E-state index < -0.39 is 0 Å². The summed E-state index contributed by atoms with van der Waals surface area (Å²) in [4.78, 5) is 18.1. The van der Waals surface area contributed by atoms with Crippen LogP contribution in [0.5, 0.6) is 5.75 Å². The van der Waals surface area contributed by atoms with Gasteiger partial charge in [0, 0.05) is 28.4 Å².